The van der Waals surface area contributed by atoms with Gasteiger partial charge in [-0.1, -0.05) is 0 Å². The van der Waals surface area contributed by atoms with Gasteiger partial charge >= 0.3 is 0 Å². The topological polar surface area (TPSA) is 34.1 Å². The van der Waals surface area contributed by atoms with Crippen LogP contribution in [-0.4, -0.2) is 14.7 Å². The molecule has 0 bridgehead atoms. The zero-order valence-corrected chi connectivity index (χ0v) is 7.95. The fraction of sp³-hybridized carbons (Fsp3) is 0.250. The minimum Gasteiger partial charge on any atom is -0.224 e. The van der Waals surface area contributed by atoms with Gasteiger partial charge in [0.15, 0.2) is 21.5 Å². The molecule has 0 amide bonds. The fourth-order valence-corrected chi connectivity index (χ4v) is 2.00. The maximum atomic E-state index is 12.9. The Labute approximate surface area is 75.1 Å². The highest BCUT2D eigenvalue weighted by Crippen LogP contribution is 2.19. The Morgan fingerprint density at radius 3 is 2.23 bits per heavy atom. The van der Waals surface area contributed by atoms with Gasteiger partial charge in [-0.2, -0.15) is 0 Å². The van der Waals surface area contributed by atoms with E-state index in [1.807, 2.05) is 0 Å². The molecule has 0 aliphatic heterocycles. The molecule has 0 saturated carbocycles. The minimum absolute atomic E-state index is 0.175. The summed E-state index contributed by atoms with van der Waals surface area (Å²) in [5.41, 5.74) is -0.178. The van der Waals surface area contributed by atoms with Crippen molar-refractivity contribution in [2.75, 3.05) is 6.26 Å². The molecule has 1 aromatic carbocycles. The average molecular weight is 206 g/mol. The molecule has 2 nitrogen and oxygen atoms in total. The van der Waals surface area contributed by atoms with Crippen molar-refractivity contribution in [3.8, 4) is 0 Å². The molecule has 0 fully saturated rings. The van der Waals surface area contributed by atoms with Crippen LogP contribution in [-0.2, 0) is 9.84 Å². The largest absolute Gasteiger partial charge is 0.224 e. The lowest BCUT2D eigenvalue weighted by Crippen LogP contribution is -2.03. The van der Waals surface area contributed by atoms with Crippen LogP contribution in [0.4, 0.5) is 8.78 Å². The molecule has 0 atom stereocenters. The van der Waals surface area contributed by atoms with Crippen LogP contribution in [0, 0.1) is 18.6 Å². The van der Waals surface area contributed by atoms with E-state index in [1.165, 1.54) is 6.92 Å². The Kier molecular flexibility index (Phi) is 2.38. The third-order valence-electron chi connectivity index (χ3n) is 1.69. The van der Waals surface area contributed by atoms with Crippen molar-refractivity contribution in [2.24, 2.45) is 0 Å². The molecule has 1 rings (SSSR count). The van der Waals surface area contributed by atoms with Gasteiger partial charge in [0.25, 0.3) is 0 Å². The van der Waals surface area contributed by atoms with Gasteiger partial charge in [-0.15, -0.1) is 0 Å². The first kappa shape index (κ1) is 10.1. The van der Waals surface area contributed by atoms with Crippen molar-refractivity contribution in [1.82, 2.24) is 0 Å². The summed E-state index contributed by atoms with van der Waals surface area (Å²) in [6.07, 6.45) is 0.951. The predicted molar refractivity (Wildman–Crippen MR) is 44.2 cm³/mol. The van der Waals surface area contributed by atoms with Crippen LogP contribution in [0.2, 0.25) is 0 Å². The molecular formula is C8H8F2O2S. The first-order valence-electron chi connectivity index (χ1n) is 3.48. The summed E-state index contributed by atoms with van der Waals surface area (Å²) in [4.78, 5) is -0.175. The van der Waals surface area contributed by atoms with Crippen LogP contribution in [0.5, 0.6) is 0 Å². The monoisotopic (exact) mass is 206 g/mol. The van der Waals surface area contributed by atoms with Crippen LogP contribution < -0.4 is 0 Å². The van der Waals surface area contributed by atoms with Crippen molar-refractivity contribution >= 4 is 9.84 Å². The number of halogens is 2. The van der Waals surface area contributed by atoms with Crippen LogP contribution in [0.15, 0.2) is 17.0 Å². The summed E-state index contributed by atoms with van der Waals surface area (Å²) in [7, 11) is -3.48. The van der Waals surface area contributed by atoms with Crippen molar-refractivity contribution < 1.29 is 17.2 Å². The molecule has 5 heteroatoms. The van der Waals surface area contributed by atoms with Gasteiger partial charge in [-0.05, 0) is 19.1 Å². The summed E-state index contributed by atoms with van der Waals surface area (Å²) in [5, 5.41) is 0. The Morgan fingerprint density at radius 1 is 1.23 bits per heavy atom. The van der Waals surface area contributed by atoms with Crippen molar-refractivity contribution in [3.05, 3.63) is 29.3 Å². The zero-order chi connectivity index (χ0) is 10.2. The molecule has 13 heavy (non-hydrogen) atoms. The molecule has 0 spiro atoms. The van der Waals surface area contributed by atoms with Crippen LogP contribution in [0.25, 0.3) is 0 Å². The molecule has 0 saturated heterocycles. The van der Waals surface area contributed by atoms with Gasteiger partial charge in [0.2, 0.25) is 0 Å². The number of rotatable bonds is 1. The van der Waals surface area contributed by atoms with E-state index >= 15 is 0 Å². The molecule has 0 heterocycles. The van der Waals surface area contributed by atoms with E-state index in [1.54, 1.807) is 0 Å². The second kappa shape index (κ2) is 3.06. The van der Waals surface area contributed by atoms with Gasteiger partial charge in [0, 0.05) is 11.8 Å². The highest BCUT2D eigenvalue weighted by atomic mass is 32.2. The zero-order valence-electron chi connectivity index (χ0n) is 7.14. The van der Waals surface area contributed by atoms with Crippen molar-refractivity contribution in [1.29, 1.82) is 0 Å². The third kappa shape index (κ3) is 1.85. The fourth-order valence-electron chi connectivity index (χ4n) is 1.04. The van der Waals surface area contributed by atoms with Gasteiger partial charge in [0.05, 0.1) is 4.90 Å². The highest BCUT2D eigenvalue weighted by Gasteiger charge is 2.16. The molecule has 0 aliphatic rings. The van der Waals surface area contributed by atoms with Gasteiger partial charge < -0.3 is 0 Å². The maximum absolute atomic E-state index is 12.9. The Bertz CT molecular complexity index is 438. The molecule has 0 unspecified atom stereocenters. The average Bonchev–Trinajstić information content (AvgIpc) is 1.98. The highest BCUT2D eigenvalue weighted by molar-refractivity contribution is 7.90. The third-order valence-corrected chi connectivity index (χ3v) is 2.93. The van der Waals surface area contributed by atoms with E-state index in [-0.39, 0.29) is 10.5 Å². The van der Waals surface area contributed by atoms with Crippen LogP contribution in [0.3, 0.4) is 0 Å². The molecule has 0 aromatic heterocycles. The van der Waals surface area contributed by atoms with Gasteiger partial charge in [0.1, 0.15) is 0 Å². The minimum atomic E-state index is -3.48. The molecule has 0 N–H and O–H groups in total. The first-order chi connectivity index (χ1) is 5.84. The second-order valence-electron chi connectivity index (χ2n) is 2.76. The second-order valence-corrected chi connectivity index (χ2v) is 4.74. The quantitative estimate of drug-likeness (QED) is 0.655. The number of sulfone groups is 1. The number of benzene rings is 1. The normalized spacial score (nSPS) is 11.7. The molecule has 1 aromatic rings. The van der Waals surface area contributed by atoms with E-state index < -0.39 is 21.5 Å². The number of hydrogen-bond acceptors (Lipinski definition) is 2. The van der Waals surface area contributed by atoms with E-state index in [0.717, 1.165) is 18.4 Å². The standard InChI is InChI=1S/C8H8F2O2S/c1-5-7(13(2,11)12)4-3-6(9)8(5)10/h3-4H,1-2H3. The number of hydrogen-bond donors (Lipinski definition) is 0. The molecular weight excluding hydrogens is 198 g/mol. The Hall–Kier alpha value is -0.970. The van der Waals surface area contributed by atoms with Crippen LogP contribution in [0.1, 0.15) is 5.56 Å². The SMILES string of the molecule is Cc1c(S(C)(=O)=O)ccc(F)c1F. The summed E-state index contributed by atoms with van der Waals surface area (Å²) < 4.78 is 47.5. The van der Waals surface area contributed by atoms with E-state index in [0.29, 0.717) is 0 Å². The van der Waals surface area contributed by atoms with E-state index in [9.17, 15) is 17.2 Å². The summed E-state index contributed by atoms with van der Waals surface area (Å²) in [6, 6.07) is 1.86. The summed E-state index contributed by atoms with van der Waals surface area (Å²) in [6.45, 7) is 1.23. The lowest BCUT2D eigenvalue weighted by Gasteiger charge is -2.04. The van der Waals surface area contributed by atoms with Gasteiger partial charge in [-0.25, -0.2) is 17.2 Å². The van der Waals surface area contributed by atoms with Crippen LogP contribution >= 0.6 is 0 Å². The molecule has 0 radical (unpaired) electrons. The van der Waals surface area contributed by atoms with Gasteiger partial charge in [-0.3, -0.25) is 0 Å². The summed E-state index contributed by atoms with van der Waals surface area (Å²) >= 11 is 0. The van der Waals surface area contributed by atoms with Crippen molar-refractivity contribution in [3.63, 3.8) is 0 Å². The lowest BCUT2D eigenvalue weighted by atomic mass is 10.2. The maximum Gasteiger partial charge on any atom is 0.175 e. The van der Waals surface area contributed by atoms with E-state index in [2.05, 4.69) is 0 Å². The lowest BCUT2D eigenvalue weighted by molar-refractivity contribution is 0.498. The smallest absolute Gasteiger partial charge is 0.175 e. The predicted octanol–water partition coefficient (Wildman–Crippen LogP) is 1.68. The van der Waals surface area contributed by atoms with E-state index in [4.69, 9.17) is 0 Å². The molecule has 72 valence electrons. The Morgan fingerprint density at radius 2 is 1.77 bits per heavy atom. The Balaban J connectivity index is 3.53. The summed E-state index contributed by atoms with van der Waals surface area (Å²) in [5.74, 6) is -2.15. The first-order valence-corrected chi connectivity index (χ1v) is 5.38. The van der Waals surface area contributed by atoms with Crippen molar-refractivity contribution in [2.45, 2.75) is 11.8 Å². The molecule has 0 aliphatic carbocycles.